The summed E-state index contributed by atoms with van der Waals surface area (Å²) in [6.45, 7) is 0. The Labute approximate surface area is 167 Å². The summed E-state index contributed by atoms with van der Waals surface area (Å²) in [4.78, 5) is 19.2. The first-order chi connectivity index (χ1) is 13.6. The number of amidine groups is 1. The fourth-order valence-electron chi connectivity index (χ4n) is 2.73. The molecule has 3 aromatic rings. The first kappa shape index (κ1) is 18.1. The normalized spacial score (nSPS) is 16.9. The van der Waals surface area contributed by atoms with Gasteiger partial charge in [-0.25, -0.2) is 4.99 Å². The number of carbonyl (C=O) groups excluding carboxylic acids is 1. The Kier molecular flexibility index (Phi) is 5.04. The maximum absolute atomic E-state index is 12.6. The molecule has 0 radical (unpaired) electrons. The first-order valence-corrected chi connectivity index (χ1v) is 9.51. The van der Waals surface area contributed by atoms with Crippen molar-refractivity contribution in [3.05, 3.63) is 77.4 Å². The molecule has 1 aliphatic heterocycles. The molecule has 6 heteroatoms. The lowest BCUT2D eigenvalue weighted by molar-refractivity contribution is -0.121. The second kappa shape index (κ2) is 7.78. The van der Waals surface area contributed by atoms with Gasteiger partial charge in [-0.1, -0.05) is 18.2 Å². The molecular formula is C22H18N2O3S. The number of hydrogen-bond acceptors (Lipinski definition) is 5. The van der Waals surface area contributed by atoms with E-state index >= 15 is 0 Å². The van der Waals surface area contributed by atoms with Crippen molar-refractivity contribution >= 4 is 34.6 Å². The Bertz CT molecular complexity index is 1050. The van der Waals surface area contributed by atoms with Crippen LogP contribution in [-0.2, 0) is 4.79 Å². The van der Waals surface area contributed by atoms with Crippen LogP contribution in [0.2, 0.25) is 0 Å². The maximum Gasteiger partial charge on any atom is 0.266 e. The summed E-state index contributed by atoms with van der Waals surface area (Å²) in [6.07, 6.45) is 1.75. The Balaban J connectivity index is 1.56. The highest BCUT2D eigenvalue weighted by Gasteiger charge is 2.30. The van der Waals surface area contributed by atoms with Crippen molar-refractivity contribution in [1.29, 1.82) is 0 Å². The number of benzene rings is 2. The molecule has 28 heavy (non-hydrogen) atoms. The second-order valence-corrected chi connectivity index (χ2v) is 7.14. The van der Waals surface area contributed by atoms with Crippen LogP contribution in [0.4, 0.5) is 5.69 Å². The van der Waals surface area contributed by atoms with Crippen molar-refractivity contribution < 1.29 is 13.9 Å². The molecule has 0 spiro atoms. The molecule has 1 fully saturated rings. The molecule has 0 saturated carbocycles. The van der Waals surface area contributed by atoms with Gasteiger partial charge in [-0.15, -0.1) is 0 Å². The largest absolute Gasteiger partial charge is 0.497 e. The Morgan fingerprint density at radius 1 is 1.04 bits per heavy atom. The molecule has 0 N–H and O–H groups in total. The average Bonchev–Trinajstić information content (AvgIpc) is 3.30. The first-order valence-electron chi connectivity index (χ1n) is 8.69. The highest BCUT2D eigenvalue weighted by molar-refractivity contribution is 8.18. The molecule has 2 heterocycles. The zero-order valence-corrected chi connectivity index (χ0v) is 16.3. The molecule has 140 valence electrons. The summed E-state index contributed by atoms with van der Waals surface area (Å²) in [5.74, 6) is 2.05. The number of nitrogens with zero attached hydrogens (tertiary/aromatic N) is 2. The highest BCUT2D eigenvalue weighted by atomic mass is 32.2. The van der Waals surface area contributed by atoms with E-state index in [0.717, 1.165) is 22.8 Å². The number of para-hydroxylation sites is 1. The standard InChI is InChI=1S/C22H18N2O3S/c1-24-21(25)20(28-22(24)23-16-6-4-3-5-7-16)14-18-12-13-19(27-18)15-8-10-17(26-2)11-9-15/h3-14H,1-2H3. The summed E-state index contributed by atoms with van der Waals surface area (Å²) in [5, 5.41) is 0.643. The molecule has 1 amide bonds. The lowest BCUT2D eigenvalue weighted by Crippen LogP contribution is -2.23. The van der Waals surface area contributed by atoms with Gasteiger partial charge >= 0.3 is 0 Å². The number of methoxy groups -OCH3 is 1. The van der Waals surface area contributed by atoms with Crippen molar-refractivity contribution in [3.63, 3.8) is 0 Å². The minimum atomic E-state index is -0.0953. The highest BCUT2D eigenvalue weighted by Crippen LogP contribution is 2.34. The predicted octanol–water partition coefficient (Wildman–Crippen LogP) is 5.19. The molecule has 1 aromatic heterocycles. The number of furan rings is 1. The van der Waals surface area contributed by atoms with E-state index < -0.39 is 0 Å². The molecule has 0 aliphatic carbocycles. The number of aliphatic imine (C=N–C) groups is 1. The minimum Gasteiger partial charge on any atom is -0.497 e. The topological polar surface area (TPSA) is 55.0 Å². The number of amides is 1. The predicted molar refractivity (Wildman–Crippen MR) is 113 cm³/mol. The van der Waals surface area contributed by atoms with Gasteiger partial charge < -0.3 is 9.15 Å². The van der Waals surface area contributed by atoms with Crippen molar-refractivity contribution in [2.45, 2.75) is 0 Å². The van der Waals surface area contributed by atoms with Crippen molar-refractivity contribution in [2.75, 3.05) is 14.2 Å². The van der Waals surface area contributed by atoms with Crippen LogP contribution in [-0.4, -0.2) is 30.1 Å². The van der Waals surface area contributed by atoms with Crippen LogP contribution in [0.25, 0.3) is 17.4 Å². The van der Waals surface area contributed by atoms with E-state index in [1.807, 2.05) is 66.7 Å². The third kappa shape index (κ3) is 3.73. The van der Waals surface area contributed by atoms with Crippen LogP contribution in [0.3, 0.4) is 0 Å². The van der Waals surface area contributed by atoms with Gasteiger partial charge in [-0.3, -0.25) is 9.69 Å². The molecule has 4 rings (SSSR count). The van der Waals surface area contributed by atoms with Gasteiger partial charge in [-0.05, 0) is 60.3 Å². The monoisotopic (exact) mass is 390 g/mol. The summed E-state index contributed by atoms with van der Waals surface area (Å²) in [6, 6.07) is 21.0. The average molecular weight is 390 g/mol. The van der Waals surface area contributed by atoms with E-state index in [9.17, 15) is 4.79 Å². The molecule has 2 aromatic carbocycles. The number of carbonyl (C=O) groups is 1. The van der Waals surface area contributed by atoms with Gasteiger partial charge in [0.15, 0.2) is 5.17 Å². The van der Waals surface area contributed by atoms with Crippen molar-refractivity contribution in [1.82, 2.24) is 4.90 Å². The van der Waals surface area contributed by atoms with Crippen LogP contribution in [0.15, 0.2) is 81.0 Å². The van der Waals surface area contributed by atoms with Crippen molar-refractivity contribution in [2.24, 2.45) is 4.99 Å². The quantitative estimate of drug-likeness (QED) is 0.575. The third-order valence-corrected chi connectivity index (χ3v) is 5.32. The summed E-state index contributed by atoms with van der Waals surface area (Å²) >= 11 is 1.34. The molecular weight excluding hydrogens is 372 g/mol. The fourth-order valence-corrected chi connectivity index (χ4v) is 3.70. The van der Waals surface area contributed by atoms with E-state index in [2.05, 4.69) is 4.99 Å². The molecule has 1 aliphatic rings. The van der Waals surface area contributed by atoms with E-state index in [4.69, 9.17) is 9.15 Å². The molecule has 0 unspecified atom stereocenters. The minimum absolute atomic E-state index is 0.0953. The Hall–Kier alpha value is -3.25. The van der Waals surface area contributed by atoms with Crippen LogP contribution in [0, 0.1) is 0 Å². The van der Waals surface area contributed by atoms with Crippen LogP contribution >= 0.6 is 11.8 Å². The number of rotatable bonds is 4. The molecule has 0 bridgehead atoms. The van der Waals surface area contributed by atoms with Gasteiger partial charge in [0.2, 0.25) is 0 Å². The smallest absolute Gasteiger partial charge is 0.266 e. The lowest BCUT2D eigenvalue weighted by atomic mass is 10.2. The zero-order valence-electron chi connectivity index (χ0n) is 15.5. The van der Waals surface area contributed by atoms with E-state index in [0.29, 0.717) is 15.8 Å². The van der Waals surface area contributed by atoms with Crippen LogP contribution in [0.1, 0.15) is 5.76 Å². The number of thioether (sulfide) groups is 1. The van der Waals surface area contributed by atoms with Crippen LogP contribution < -0.4 is 4.74 Å². The Morgan fingerprint density at radius 2 is 1.79 bits per heavy atom. The third-order valence-electron chi connectivity index (χ3n) is 4.26. The van der Waals surface area contributed by atoms with Gasteiger partial charge in [0.25, 0.3) is 5.91 Å². The van der Waals surface area contributed by atoms with Gasteiger partial charge in [0, 0.05) is 18.7 Å². The van der Waals surface area contributed by atoms with Crippen molar-refractivity contribution in [3.8, 4) is 17.1 Å². The van der Waals surface area contributed by atoms with Gasteiger partial charge in [-0.2, -0.15) is 0 Å². The SMILES string of the molecule is COc1ccc(-c2ccc(C=C3SC(=Nc4ccccc4)N(C)C3=O)o2)cc1. The molecule has 5 nitrogen and oxygen atoms in total. The molecule has 1 saturated heterocycles. The van der Waals surface area contributed by atoms with Crippen LogP contribution in [0.5, 0.6) is 5.75 Å². The maximum atomic E-state index is 12.6. The summed E-state index contributed by atoms with van der Waals surface area (Å²) < 4.78 is 11.1. The summed E-state index contributed by atoms with van der Waals surface area (Å²) in [5.41, 5.74) is 1.75. The number of ether oxygens (including phenoxy) is 1. The molecule has 0 atom stereocenters. The Morgan fingerprint density at radius 3 is 2.50 bits per heavy atom. The van der Waals surface area contributed by atoms with E-state index in [1.54, 1.807) is 25.1 Å². The van der Waals surface area contributed by atoms with E-state index in [-0.39, 0.29) is 5.91 Å². The fraction of sp³-hybridized carbons (Fsp3) is 0.0909. The van der Waals surface area contributed by atoms with E-state index in [1.165, 1.54) is 11.8 Å². The van der Waals surface area contributed by atoms with Gasteiger partial charge in [0.1, 0.15) is 17.3 Å². The number of hydrogen-bond donors (Lipinski definition) is 0. The lowest BCUT2D eigenvalue weighted by Gasteiger charge is -2.06. The van der Waals surface area contributed by atoms with Gasteiger partial charge in [0.05, 0.1) is 17.7 Å². The zero-order chi connectivity index (χ0) is 19.5. The summed E-state index contributed by atoms with van der Waals surface area (Å²) in [7, 11) is 3.36. The second-order valence-electron chi connectivity index (χ2n) is 6.14. The number of likely N-dealkylation sites (N-methyl/N-ethyl adjacent to an activating group) is 1.